The van der Waals surface area contributed by atoms with E-state index >= 15 is 0 Å². The number of thiazole rings is 1. The molecule has 110 valence electrons. The number of aliphatic carboxylic acids is 1. The molecule has 0 bridgehead atoms. The molecule has 2 aromatic rings. The van der Waals surface area contributed by atoms with Crippen LogP contribution < -0.4 is 0 Å². The summed E-state index contributed by atoms with van der Waals surface area (Å²) in [5, 5.41) is 20.6. The number of carboxylic acids is 1. The molecule has 21 heavy (non-hydrogen) atoms. The Hall–Kier alpha value is -1.31. The molecule has 0 saturated heterocycles. The van der Waals surface area contributed by atoms with E-state index in [1.807, 2.05) is 13.8 Å². The second-order valence-electron chi connectivity index (χ2n) is 5.14. The average Bonchev–Trinajstić information content (AvgIpc) is 2.95. The summed E-state index contributed by atoms with van der Waals surface area (Å²) < 4.78 is 0.255. The topological polar surface area (TPSA) is 82.8 Å². The number of phenols is 1. The minimum Gasteiger partial charge on any atom is -0.504 e. The zero-order chi connectivity index (χ0) is 15.4. The SMILES string of the molecule is CC1(C)SC(c2nc3c(O)c(Cl)ccc3s2)=NC1C(=O)O. The van der Waals surface area contributed by atoms with Crippen LogP contribution in [-0.4, -0.2) is 37.0 Å². The van der Waals surface area contributed by atoms with Crippen LogP contribution in [0.3, 0.4) is 0 Å². The van der Waals surface area contributed by atoms with Gasteiger partial charge in [-0.1, -0.05) is 23.4 Å². The molecular formula is C13H11ClN2O3S2. The largest absolute Gasteiger partial charge is 0.504 e. The van der Waals surface area contributed by atoms with Gasteiger partial charge in [-0.3, -0.25) is 4.99 Å². The molecule has 0 amide bonds. The Balaban J connectivity index is 2.08. The van der Waals surface area contributed by atoms with Crippen molar-refractivity contribution in [3.05, 3.63) is 22.2 Å². The van der Waals surface area contributed by atoms with Gasteiger partial charge in [0, 0.05) is 4.75 Å². The van der Waals surface area contributed by atoms with Gasteiger partial charge < -0.3 is 10.2 Å². The molecule has 1 aromatic heterocycles. The van der Waals surface area contributed by atoms with Crippen LogP contribution in [0.1, 0.15) is 18.9 Å². The number of hydrogen-bond donors (Lipinski definition) is 2. The van der Waals surface area contributed by atoms with Crippen molar-refractivity contribution in [3.8, 4) is 5.75 Å². The highest BCUT2D eigenvalue weighted by Crippen LogP contribution is 2.42. The number of hydrogen-bond acceptors (Lipinski definition) is 6. The van der Waals surface area contributed by atoms with Gasteiger partial charge in [0.1, 0.15) is 15.6 Å². The molecule has 1 atom stereocenters. The Labute approximate surface area is 133 Å². The zero-order valence-corrected chi connectivity index (χ0v) is 13.5. The van der Waals surface area contributed by atoms with Crippen LogP contribution in [0.2, 0.25) is 5.02 Å². The molecule has 0 spiro atoms. The average molecular weight is 343 g/mol. The molecule has 0 radical (unpaired) electrons. The van der Waals surface area contributed by atoms with Gasteiger partial charge in [0.05, 0.1) is 9.72 Å². The van der Waals surface area contributed by atoms with Crippen LogP contribution >= 0.6 is 34.7 Å². The molecule has 2 heterocycles. The van der Waals surface area contributed by atoms with Crippen molar-refractivity contribution in [2.45, 2.75) is 24.6 Å². The van der Waals surface area contributed by atoms with E-state index in [9.17, 15) is 15.0 Å². The Morgan fingerprint density at radius 3 is 2.76 bits per heavy atom. The first-order valence-corrected chi connectivity index (χ1v) is 8.08. The lowest BCUT2D eigenvalue weighted by Gasteiger charge is -2.19. The number of thioether (sulfide) groups is 1. The molecular weight excluding hydrogens is 332 g/mol. The Morgan fingerprint density at radius 2 is 2.14 bits per heavy atom. The van der Waals surface area contributed by atoms with E-state index < -0.39 is 16.8 Å². The highest BCUT2D eigenvalue weighted by Gasteiger charge is 2.43. The Bertz CT molecular complexity index is 785. The van der Waals surface area contributed by atoms with Crippen molar-refractivity contribution >= 4 is 55.9 Å². The number of aliphatic imine (C=N–C) groups is 1. The fourth-order valence-electron chi connectivity index (χ4n) is 2.10. The van der Waals surface area contributed by atoms with E-state index in [1.54, 1.807) is 12.1 Å². The van der Waals surface area contributed by atoms with E-state index in [-0.39, 0.29) is 10.8 Å². The summed E-state index contributed by atoms with van der Waals surface area (Å²) in [7, 11) is 0. The first kappa shape index (κ1) is 14.6. The highest BCUT2D eigenvalue weighted by molar-refractivity contribution is 8.16. The number of aromatic hydroxyl groups is 1. The fourth-order valence-corrected chi connectivity index (χ4v) is 4.42. The number of fused-ring (bicyclic) bond motifs is 1. The van der Waals surface area contributed by atoms with Crippen LogP contribution in [0.25, 0.3) is 10.2 Å². The van der Waals surface area contributed by atoms with Crippen LogP contribution in [0.4, 0.5) is 0 Å². The van der Waals surface area contributed by atoms with E-state index in [0.717, 1.165) is 4.70 Å². The minimum absolute atomic E-state index is 0.0608. The van der Waals surface area contributed by atoms with Crippen molar-refractivity contribution in [2.75, 3.05) is 0 Å². The number of halogens is 1. The Morgan fingerprint density at radius 1 is 1.43 bits per heavy atom. The predicted octanol–water partition coefficient (Wildman–Crippen LogP) is 3.38. The maximum Gasteiger partial charge on any atom is 0.329 e. The molecule has 1 aliphatic rings. The van der Waals surface area contributed by atoms with Gasteiger partial charge >= 0.3 is 5.97 Å². The monoisotopic (exact) mass is 342 g/mol. The van der Waals surface area contributed by atoms with Crippen LogP contribution in [0, 0.1) is 0 Å². The molecule has 2 N–H and O–H groups in total. The van der Waals surface area contributed by atoms with Crippen molar-refractivity contribution in [3.63, 3.8) is 0 Å². The van der Waals surface area contributed by atoms with Crippen molar-refractivity contribution < 1.29 is 15.0 Å². The van der Waals surface area contributed by atoms with Gasteiger partial charge in [-0.2, -0.15) is 0 Å². The van der Waals surface area contributed by atoms with Gasteiger partial charge in [0.25, 0.3) is 0 Å². The van der Waals surface area contributed by atoms with Crippen LogP contribution in [-0.2, 0) is 4.79 Å². The third-order valence-corrected chi connectivity index (χ3v) is 5.87. The summed E-state index contributed by atoms with van der Waals surface area (Å²) in [6.07, 6.45) is 0. The van der Waals surface area contributed by atoms with Gasteiger partial charge in [-0.15, -0.1) is 11.3 Å². The predicted molar refractivity (Wildman–Crippen MR) is 85.9 cm³/mol. The van der Waals surface area contributed by atoms with Crippen LogP contribution in [0.5, 0.6) is 5.75 Å². The number of nitrogens with zero attached hydrogens (tertiary/aromatic N) is 2. The first-order chi connectivity index (χ1) is 9.79. The number of aromatic nitrogens is 1. The zero-order valence-electron chi connectivity index (χ0n) is 11.1. The summed E-state index contributed by atoms with van der Waals surface area (Å²) in [5.41, 5.74) is 0.419. The smallest absolute Gasteiger partial charge is 0.329 e. The summed E-state index contributed by atoms with van der Waals surface area (Å²) in [4.78, 5) is 19.9. The van der Waals surface area contributed by atoms with E-state index in [1.165, 1.54) is 23.1 Å². The lowest BCUT2D eigenvalue weighted by atomic mass is 10.0. The van der Waals surface area contributed by atoms with Gasteiger partial charge in [0.2, 0.25) is 0 Å². The standard InChI is InChI=1S/C13H11ClN2O3S2/c1-13(2)9(12(18)19)16-11(21-13)10-15-7-6(20-10)4-3-5(14)8(7)17/h3-4,9,17H,1-2H3,(H,18,19). The normalized spacial score (nSPS) is 20.7. The molecule has 1 unspecified atom stereocenters. The van der Waals surface area contributed by atoms with E-state index in [2.05, 4.69) is 9.98 Å². The maximum atomic E-state index is 11.3. The molecule has 0 aliphatic carbocycles. The quantitative estimate of drug-likeness (QED) is 0.874. The number of carbonyl (C=O) groups is 1. The van der Waals surface area contributed by atoms with Crippen molar-refractivity contribution in [1.29, 1.82) is 0 Å². The molecule has 0 saturated carbocycles. The second kappa shape index (κ2) is 4.86. The lowest BCUT2D eigenvalue weighted by molar-refractivity contribution is -0.138. The third-order valence-electron chi connectivity index (χ3n) is 3.17. The molecule has 1 aliphatic heterocycles. The van der Waals surface area contributed by atoms with Crippen molar-refractivity contribution in [1.82, 2.24) is 4.98 Å². The first-order valence-electron chi connectivity index (χ1n) is 6.07. The molecule has 3 rings (SSSR count). The Kier molecular flexibility index (Phi) is 3.38. The minimum atomic E-state index is -0.950. The van der Waals surface area contributed by atoms with Gasteiger partial charge in [0.15, 0.2) is 11.8 Å². The van der Waals surface area contributed by atoms with E-state index in [4.69, 9.17) is 11.6 Å². The van der Waals surface area contributed by atoms with Crippen molar-refractivity contribution in [2.24, 2.45) is 4.99 Å². The van der Waals surface area contributed by atoms with Gasteiger partial charge in [-0.05, 0) is 26.0 Å². The van der Waals surface area contributed by atoms with Gasteiger partial charge in [-0.25, -0.2) is 9.78 Å². The molecule has 0 fully saturated rings. The van der Waals surface area contributed by atoms with Crippen LogP contribution in [0.15, 0.2) is 17.1 Å². The number of rotatable bonds is 2. The second-order valence-corrected chi connectivity index (χ2v) is 8.22. The molecule has 8 heteroatoms. The summed E-state index contributed by atoms with van der Waals surface area (Å²) in [6.45, 7) is 3.68. The van der Waals surface area contributed by atoms with E-state index in [0.29, 0.717) is 15.6 Å². The number of carboxylic acid groups (broad SMARTS) is 1. The highest BCUT2D eigenvalue weighted by atomic mass is 35.5. The molecule has 1 aromatic carbocycles. The molecule has 5 nitrogen and oxygen atoms in total. The third kappa shape index (κ3) is 2.39. The summed E-state index contributed by atoms with van der Waals surface area (Å²) >= 11 is 8.61. The fraction of sp³-hybridized carbons (Fsp3) is 0.308. The lowest BCUT2D eigenvalue weighted by Crippen LogP contribution is -2.34. The summed E-state index contributed by atoms with van der Waals surface area (Å²) in [5.74, 6) is -1.01. The summed E-state index contributed by atoms with van der Waals surface area (Å²) in [6, 6.07) is 2.58. The number of benzene rings is 1. The number of phenolic OH excluding ortho intramolecular Hbond substituents is 1. The maximum absolute atomic E-state index is 11.3.